The largest absolute Gasteiger partial charge is 0.494 e. The number of aliphatic hydroxyl groups is 1. The molecule has 0 aliphatic heterocycles. The first kappa shape index (κ1) is 16.0. The molecule has 1 aliphatic carbocycles. The quantitative estimate of drug-likeness (QED) is 0.748. The number of nitrogens with zero attached hydrogens (tertiary/aromatic N) is 1. The second-order valence-electron chi connectivity index (χ2n) is 5.51. The van der Waals surface area contributed by atoms with Crippen LogP contribution in [0.15, 0.2) is 24.3 Å². The molecule has 0 radical (unpaired) electrons. The van der Waals surface area contributed by atoms with Crippen LogP contribution in [0.25, 0.3) is 0 Å². The second-order valence-corrected chi connectivity index (χ2v) is 5.51. The average Bonchev–Trinajstić information content (AvgIpc) is 3.02. The number of carbonyl (C=O) groups excluding carboxylic acids is 1. The number of Topliss-reactive ketones (excluding diaryl/α,β-unsaturated/α-hetero) is 1. The summed E-state index contributed by atoms with van der Waals surface area (Å²) >= 11 is 0. The van der Waals surface area contributed by atoms with Crippen LogP contribution in [0.2, 0.25) is 0 Å². The average molecular weight is 291 g/mol. The maximum Gasteiger partial charge on any atom is 0.176 e. The Morgan fingerprint density at radius 3 is 2.52 bits per heavy atom. The minimum absolute atomic E-state index is 0.104. The molecule has 0 atom stereocenters. The minimum Gasteiger partial charge on any atom is -0.494 e. The van der Waals surface area contributed by atoms with Crippen LogP contribution in [0.3, 0.4) is 0 Å². The van der Waals surface area contributed by atoms with Crippen molar-refractivity contribution in [3.8, 4) is 5.75 Å². The zero-order valence-corrected chi connectivity index (χ0v) is 12.8. The number of carbonyl (C=O) groups is 1. The van der Waals surface area contributed by atoms with Gasteiger partial charge in [-0.25, -0.2) is 0 Å². The fourth-order valence-electron chi connectivity index (χ4n) is 2.97. The molecule has 1 aromatic rings. The summed E-state index contributed by atoms with van der Waals surface area (Å²) in [6, 6.07) is 7.76. The molecule has 0 aromatic heterocycles. The highest BCUT2D eigenvalue weighted by Gasteiger charge is 2.24. The SMILES string of the molecule is CCOc1ccc(C(=O)CN(CCO)C2CCCC2)cc1. The molecule has 0 heterocycles. The Kier molecular flexibility index (Phi) is 6.21. The summed E-state index contributed by atoms with van der Waals surface area (Å²) in [6.45, 7) is 3.63. The zero-order chi connectivity index (χ0) is 15.1. The predicted octanol–water partition coefficient (Wildman–Crippen LogP) is 2.50. The normalized spacial score (nSPS) is 15.6. The van der Waals surface area contributed by atoms with Gasteiger partial charge in [-0.1, -0.05) is 12.8 Å². The summed E-state index contributed by atoms with van der Waals surface area (Å²) in [7, 11) is 0. The van der Waals surface area contributed by atoms with Crippen molar-refractivity contribution >= 4 is 5.78 Å². The van der Waals surface area contributed by atoms with E-state index in [4.69, 9.17) is 4.74 Å². The summed E-state index contributed by atoms with van der Waals surface area (Å²) in [5, 5.41) is 9.21. The molecule has 116 valence electrons. The Labute approximate surface area is 126 Å². The lowest BCUT2D eigenvalue weighted by Crippen LogP contribution is -2.39. The fraction of sp³-hybridized carbons (Fsp3) is 0.588. The van der Waals surface area contributed by atoms with Crippen LogP contribution in [-0.2, 0) is 0 Å². The van der Waals surface area contributed by atoms with Gasteiger partial charge in [0.05, 0.1) is 19.8 Å². The standard InChI is InChI=1S/C17H25NO3/c1-2-21-16-9-7-14(8-10-16)17(20)13-18(11-12-19)15-5-3-4-6-15/h7-10,15,19H,2-6,11-13H2,1H3. The van der Waals surface area contributed by atoms with Crippen molar-refractivity contribution in [3.63, 3.8) is 0 Å². The van der Waals surface area contributed by atoms with E-state index in [1.807, 2.05) is 31.2 Å². The minimum atomic E-state index is 0.104. The van der Waals surface area contributed by atoms with Crippen LogP contribution < -0.4 is 4.74 Å². The maximum atomic E-state index is 12.4. The highest BCUT2D eigenvalue weighted by atomic mass is 16.5. The lowest BCUT2D eigenvalue weighted by molar-refractivity contribution is 0.0862. The fourth-order valence-corrected chi connectivity index (χ4v) is 2.97. The molecule has 4 heteroatoms. The van der Waals surface area contributed by atoms with Gasteiger partial charge in [0.25, 0.3) is 0 Å². The molecule has 0 unspecified atom stereocenters. The van der Waals surface area contributed by atoms with Gasteiger partial charge in [0.2, 0.25) is 0 Å². The first-order valence-electron chi connectivity index (χ1n) is 7.85. The lowest BCUT2D eigenvalue weighted by Gasteiger charge is -2.27. The zero-order valence-electron chi connectivity index (χ0n) is 12.8. The summed E-state index contributed by atoms with van der Waals surface area (Å²) in [5.74, 6) is 0.899. The first-order chi connectivity index (χ1) is 10.2. The number of ether oxygens (including phenoxy) is 1. The van der Waals surface area contributed by atoms with E-state index in [1.54, 1.807) is 0 Å². The van der Waals surface area contributed by atoms with E-state index in [0.717, 1.165) is 18.6 Å². The number of rotatable bonds is 8. The van der Waals surface area contributed by atoms with Gasteiger partial charge in [0.15, 0.2) is 5.78 Å². The van der Waals surface area contributed by atoms with E-state index < -0.39 is 0 Å². The molecule has 1 N–H and O–H groups in total. The highest BCUT2D eigenvalue weighted by Crippen LogP contribution is 2.23. The van der Waals surface area contributed by atoms with Gasteiger partial charge in [-0.05, 0) is 44.0 Å². The van der Waals surface area contributed by atoms with Crippen molar-refractivity contribution in [3.05, 3.63) is 29.8 Å². The molecule has 0 amide bonds. The first-order valence-corrected chi connectivity index (χ1v) is 7.85. The molecule has 0 saturated heterocycles. The van der Waals surface area contributed by atoms with Crippen LogP contribution in [0.5, 0.6) is 5.75 Å². The Morgan fingerprint density at radius 2 is 1.95 bits per heavy atom. The van der Waals surface area contributed by atoms with Crippen molar-refractivity contribution in [2.75, 3.05) is 26.3 Å². The van der Waals surface area contributed by atoms with Crippen molar-refractivity contribution in [1.82, 2.24) is 4.90 Å². The molecule has 1 saturated carbocycles. The molecule has 1 aromatic carbocycles. The molecule has 1 aliphatic rings. The topological polar surface area (TPSA) is 49.8 Å². The Balaban J connectivity index is 1.97. The summed E-state index contributed by atoms with van der Waals surface area (Å²) in [4.78, 5) is 14.5. The number of aliphatic hydroxyl groups excluding tert-OH is 1. The van der Waals surface area contributed by atoms with Gasteiger partial charge < -0.3 is 9.84 Å². The third kappa shape index (κ3) is 4.55. The monoisotopic (exact) mass is 291 g/mol. The van der Waals surface area contributed by atoms with Crippen molar-refractivity contribution < 1.29 is 14.6 Å². The summed E-state index contributed by atoms with van der Waals surface area (Å²) < 4.78 is 5.39. The molecular formula is C17H25NO3. The summed E-state index contributed by atoms with van der Waals surface area (Å²) in [5.41, 5.74) is 0.708. The highest BCUT2D eigenvalue weighted by molar-refractivity contribution is 5.97. The van der Waals surface area contributed by atoms with E-state index >= 15 is 0 Å². The van der Waals surface area contributed by atoms with E-state index in [0.29, 0.717) is 31.3 Å². The molecule has 4 nitrogen and oxygen atoms in total. The van der Waals surface area contributed by atoms with Gasteiger partial charge in [-0.15, -0.1) is 0 Å². The summed E-state index contributed by atoms with van der Waals surface area (Å²) in [6.07, 6.45) is 4.72. The van der Waals surface area contributed by atoms with Crippen LogP contribution >= 0.6 is 0 Å². The van der Waals surface area contributed by atoms with Crippen LogP contribution in [0, 0.1) is 0 Å². The van der Waals surface area contributed by atoms with Gasteiger partial charge in [0, 0.05) is 18.2 Å². The Morgan fingerprint density at radius 1 is 1.29 bits per heavy atom. The Bertz CT molecular complexity index is 438. The van der Waals surface area contributed by atoms with Crippen LogP contribution in [-0.4, -0.2) is 48.1 Å². The van der Waals surface area contributed by atoms with Crippen LogP contribution in [0.4, 0.5) is 0 Å². The van der Waals surface area contributed by atoms with E-state index in [2.05, 4.69) is 4.90 Å². The molecule has 2 rings (SSSR count). The molecular weight excluding hydrogens is 266 g/mol. The number of hydrogen-bond acceptors (Lipinski definition) is 4. The third-order valence-corrected chi connectivity index (χ3v) is 4.06. The van der Waals surface area contributed by atoms with Crippen molar-refractivity contribution in [2.45, 2.75) is 38.6 Å². The van der Waals surface area contributed by atoms with E-state index in [-0.39, 0.29) is 12.4 Å². The van der Waals surface area contributed by atoms with Crippen molar-refractivity contribution in [1.29, 1.82) is 0 Å². The molecule has 1 fully saturated rings. The smallest absolute Gasteiger partial charge is 0.176 e. The number of ketones is 1. The van der Waals surface area contributed by atoms with E-state index in [1.165, 1.54) is 12.8 Å². The number of benzene rings is 1. The second kappa shape index (κ2) is 8.15. The molecule has 0 spiro atoms. The lowest BCUT2D eigenvalue weighted by atomic mass is 10.1. The van der Waals surface area contributed by atoms with Gasteiger partial charge >= 0.3 is 0 Å². The predicted molar refractivity (Wildman–Crippen MR) is 82.9 cm³/mol. The maximum absolute atomic E-state index is 12.4. The molecule has 0 bridgehead atoms. The number of hydrogen-bond donors (Lipinski definition) is 1. The van der Waals surface area contributed by atoms with Gasteiger partial charge in [0.1, 0.15) is 5.75 Å². The van der Waals surface area contributed by atoms with Gasteiger partial charge in [-0.3, -0.25) is 9.69 Å². The molecule has 21 heavy (non-hydrogen) atoms. The van der Waals surface area contributed by atoms with Crippen LogP contribution in [0.1, 0.15) is 43.0 Å². The van der Waals surface area contributed by atoms with Gasteiger partial charge in [-0.2, -0.15) is 0 Å². The third-order valence-electron chi connectivity index (χ3n) is 4.06. The van der Waals surface area contributed by atoms with E-state index in [9.17, 15) is 9.90 Å². The Hall–Kier alpha value is -1.39. The van der Waals surface area contributed by atoms with Crippen molar-refractivity contribution in [2.24, 2.45) is 0 Å².